The highest BCUT2D eigenvalue weighted by Gasteiger charge is 2.37. The van der Waals surface area contributed by atoms with Crippen molar-refractivity contribution in [1.29, 1.82) is 0 Å². The summed E-state index contributed by atoms with van der Waals surface area (Å²) in [4.78, 5) is 38.1. The Kier molecular flexibility index (Phi) is 7.58. The average molecular weight is 583 g/mol. The van der Waals surface area contributed by atoms with Crippen LogP contribution in [0.4, 0.5) is 9.80 Å². The topological polar surface area (TPSA) is 108 Å². The van der Waals surface area contributed by atoms with Crippen LogP contribution >= 0.6 is 22.7 Å². The van der Waals surface area contributed by atoms with E-state index in [-0.39, 0.29) is 18.0 Å². The lowest BCUT2D eigenvalue weighted by atomic mass is 9.97. The summed E-state index contributed by atoms with van der Waals surface area (Å²) in [7, 11) is 0. The van der Waals surface area contributed by atoms with E-state index in [9.17, 15) is 9.59 Å². The molecule has 3 aliphatic rings. The van der Waals surface area contributed by atoms with Gasteiger partial charge in [0.2, 0.25) is 5.91 Å². The first kappa shape index (κ1) is 27.6. The number of carbonyl (C=O) groups excluding carboxylic acids is 2. The minimum absolute atomic E-state index is 0.00738. The van der Waals surface area contributed by atoms with Crippen LogP contribution in [-0.2, 0) is 22.5 Å². The Labute approximate surface area is 243 Å². The summed E-state index contributed by atoms with van der Waals surface area (Å²) in [5.74, 6) is 1.54. The number of hydrogen-bond donors (Lipinski definition) is 3. The number of carbonyl (C=O) groups is 2. The van der Waals surface area contributed by atoms with Gasteiger partial charge in [-0.1, -0.05) is 0 Å². The van der Waals surface area contributed by atoms with Crippen molar-refractivity contribution in [1.82, 2.24) is 25.5 Å². The largest absolute Gasteiger partial charge is 0.444 e. The van der Waals surface area contributed by atoms with E-state index < -0.39 is 5.60 Å². The second-order valence-electron chi connectivity index (χ2n) is 12.3. The van der Waals surface area contributed by atoms with Gasteiger partial charge in [0.15, 0.2) is 0 Å². The number of ether oxygens (including phenoxy) is 1. The maximum absolute atomic E-state index is 13.2. The van der Waals surface area contributed by atoms with Gasteiger partial charge in [0, 0.05) is 41.7 Å². The molecule has 9 nitrogen and oxygen atoms in total. The van der Waals surface area contributed by atoms with E-state index in [4.69, 9.17) is 9.72 Å². The fraction of sp³-hybridized carbons (Fsp3) is 0.586. The molecule has 1 saturated carbocycles. The molecule has 2 aliphatic heterocycles. The number of thiazole rings is 1. The molecule has 3 N–H and O–H groups in total. The second kappa shape index (κ2) is 11.0. The Hall–Kier alpha value is -2.60. The maximum atomic E-state index is 13.2. The number of anilines is 1. The van der Waals surface area contributed by atoms with E-state index in [0.29, 0.717) is 32.0 Å². The Bertz CT molecular complexity index is 1370. The predicted octanol–water partition coefficient (Wildman–Crippen LogP) is 5.02. The lowest BCUT2D eigenvalue weighted by molar-refractivity contribution is -0.116. The number of amides is 2. The molecule has 3 aromatic heterocycles. The third-order valence-electron chi connectivity index (χ3n) is 8.16. The van der Waals surface area contributed by atoms with Gasteiger partial charge >= 0.3 is 6.09 Å². The molecule has 40 heavy (non-hydrogen) atoms. The number of pyridine rings is 1. The molecule has 3 aromatic rings. The second-order valence-corrected chi connectivity index (χ2v) is 14.5. The van der Waals surface area contributed by atoms with E-state index in [2.05, 4.69) is 20.9 Å². The van der Waals surface area contributed by atoms with Gasteiger partial charge in [-0.25, -0.2) is 9.78 Å². The number of nitrogens with one attached hydrogen (secondary N) is 3. The van der Waals surface area contributed by atoms with Crippen LogP contribution in [0.1, 0.15) is 57.4 Å². The quantitative estimate of drug-likeness (QED) is 0.375. The summed E-state index contributed by atoms with van der Waals surface area (Å²) in [5.41, 5.74) is 2.42. The predicted molar refractivity (Wildman–Crippen MR) is 160 cm³/mol. The summed E-state index contributed by atoms with van der Waals surface area (Å²) >= 11 is 3.16. The number of hydrogen-bond acceptors (Lipinski definition) is 9. The number of aromatic nitrogens is 2. The highest BCUT2D eigenvalue weighted by atomic mass is 32.1. The zero-order chi connectivity index (χ0) is 28.0. The summed E-state index contributed by atoms with van der Waals surface area (Å²) < 4.78 is 6.75. The van der Waals surface area contributed by atoms with Crippen molar-refractivity contribution in [3.63, 3.8) is 0 Å². The molecule has 214 valence electrons. The molecule has 4 atom stereocenters. The molecule has 1 aliphatic carbocycles. The lowest BCUT2D eigenvalue weighted by Gasteiger charge is -2.35. The zero-order valence-corrected chi connectivity index (χ0v) is 25.2. The first-order chi connectivity index (χ1) is 19.1. The van der Waals surface area contributed by atoms with Crippen molar-refractivity contribution in [3.05, 3.63) is 28.9 Å². The molecule has 2 amide bonds. The molecule has 0 radical (unpaired) electrons. The van der Waals surface area contributed by atoms with E-state index in [0.717, 1.165) is 61.2 Å². The Balaban J connectivity index is 1.21. The van der Waals surface area contributed by atoms with Gasteiger partial charge in [0.05, 0.1) is 17.4 Å². The summed E-state index contributed by atoms with van der Waals surface area (Å²) in [6, 6.07) is 2.44. The van der Waals surface area contributed by atoms with Crippen LogP contribution in [0.2, 0.25) is 0 Å². The molecular weight excluding hydrogens is 544 g/mol. The third kappa shape index (κ3) is 5.74. The SMILES string of the molecule is C[C@H]1Cc2c(sc(NC(=O)CCNC3C[C@H]4CNC[C@H]4C3)c2-c2nc3cnccc3s2)CN1C(=O)OC(C)(C)C. The monoisotopic (exact) mass is 582 g/mol. The van der Waals surface area contributed by atoms with Crippen molar-refractivity contribution in [2.75, 3.05) is 25.0 Å². The van der Waals surface area contributed by atoms with E-state index in [1.165, 1.54) is 12.8 Å². The average Bonchev–Trinajstić information content (AvgIpc) is 3.64. The Morgan fingerprint density at radius 1 is 1.20 bits per heavy atom. The van der Waals surface area contributed by atoms with Crippen molar-refractivity contribution < 1.29 is 14.3 Å². The van der Waals surface area contributed by atoms with Gasteiger partial charge in [-0.05, 0) is 83.5 Å². The molecule has 5 heterocycles. The molecule has 6 rings (SSSR count). The number of fused-ring (bicyclic) bond motifs is 3. The third-order valence-corrected chi connectivity index (χ3v) is 10.3. The minimum Gasteiger partial charge on any atom is -0.444 e. The highest BCUT2D eigenvalue weighted by Crippen LogP contribution is 2.46. The lowest BCUT2D eigenvalue weighted by Crippen LogP contribution is -2.44. The molecule has 0 spiro atoms. The van der Waals surface area contributed by atoms with E-state index in [1.54, 1.807) is 40.0 Å². The van der Waals surface area contributed by atoms with Gasteiger partial charge in [-0.2, -0.15) is 0 Å². The van der Waals surface area contributed by atoms with Crippen LogP contribution < -0.4 is 16.0 Å². The van der Waals surface area contributed by atoms with Crippen LogP contribution in [0.25, 0.3) is 20.8 Å². The van der Waals surface area contributed by atoms with Crippen molar-refractivity contribution in [2.24, 2.45) is 11.8 Å². The van der Waals surface area contributed by atoms with Crippen LogP contribution in [-0.4, -0.2) is 64.2 Å². The van der Waals surface area contributed by atoms with Crippen molar-refractivity contribution in [2.45, 2.75) is 77.6 Å². The number of thiophene rings is 1. The van der Waals surface area contributed by atoms with E-state index in [1.807, 2.05) is 33.8 Å². The number of nitrogens with zero attached hydrogens (tertiary/aromatic N) is 3. The minimum atomic E-state index is -0.561. The summed E-state index contributed by atoms with van der Waals surface area (Å²) in [5, 5.41) is 12.0. The summed E-state index contributed by atoms with van der Waals surface area (Å²) in [6.45, 7) is 11.1. The fourth-order valence-electron chi connectivity index (χ4n) is 6.25. The number of rotatable bonds is 6. The molecule has 2 fully saturated rings. The van der Waals surface area contributed by atoms with Gasteiger partial charge in [-0.15, -0.1) is 22.7 Å². The molecular formula is C29H38N6O3S2. The maximum Gasteiger partial charge on any atom is 0.410 e. The highest BCUT2D eigenvalue weighted by molar-refractivity contribution is 7.22. The zero-order valence-electron chi connectivity index (χ0n) is 23.6. The van der Waals surface area contributed by atoms with Crippen LogP contribution in [0.3, 0.4) is 0 Å². The Morgan fingerprint density at radius 3 is 2.70 bits per heavy atom. The standard InChI is InChI=1S/C29H38N6O3S2/c1-16-9-20-23(15-35(16)28(37)38-29(2,3)4)40-27(25(20)26-33-21-14-30-7-5-22(21)39-26)34-24(36)6-8-32-19-10-17-12-31-13-18(17)11-19/h5,7,14,16-19,31-32H,6,8-13,15H2,1-4H3,(H,34,36)/t16-,17-,18+,19?/m0/s1. The Morgan fingerprint density at radius 2 is 1.98 bits per heavy atom. The van der Waals surface area contributed by atoms with Crippen molar-refractivity contribution in [3.8, 4) is 10.6 Å². The van der Waals surface area contributed by atoms with Crippen LogP contribution in [0.15, 0.2) is 18.5 Å². The fourth-order valence-corrected chi connectivity index (χ4v) is 8.57. The molecule has 0 aromatic carbocycles. The molecule has 1 unspecified atom stereocenters. The molecule has 1 saturated heterocycles. The van der Waals surface area contributed by atoms with Crippen molar-refractivity contribution >= 4 is 49.9 Å². The van der Waals surface area contributed by atoms with Crippen LogP contribution in [0.5, 0.6) is 0 Å². The van der Waals surface area contributed by atoms with Gasteiger partial charge < -0.3 is 25.6 Å². The van der Waals surface area contributed by atoms with E-state index >= 15 is 0 Å². The van der Waals surface area contributed by atoms with Gasteiger partial charge in [0.25, 0.3) is 0 Å². The first-order valence-electron chi connectivity index (χ1n) is 14.2. The van der Waals surface area contributed by atoms with Crippen LogP contribution in [0, 0.1) is 11.8 Å². The van der Waals surface area contributed by atoms with Gasteiger partial charge in [0.1, 0.15) is 21.1 Å². The smallest absolute Gasteiger partial charge is 0.410 e. The molecule has 11 heteroatoms. The molecule has 0 bridgehead atoms. The van der Waals surface area contributed by atoms with Gasteiger partial charge in [-0.3, -0.25) is 9.78 Å². The summed E-state index contributed by atoms with van der Waals surface area (Å²) in [6.07, 6.45) is 6.71. The first-order valence-corrected chi connectivity index (χ1v) is 15.9. The normalized spacial score (nSPS) is 24.2.